The molecule has 1 aromatic carbocycles. The minimum atomic E-state index is 0.359. The molecule has 108 valence electrons. The van der Waals surface area contributed by atoms with E-state index < -0.39 is 0 Å². The van der Waals surface area contributed by atoms with Gasteiger partial charge in [-0.05, 0) is 24.2 Å². The third-order valence-corrected chi connectivity index (χ3v) is 2.97. The van der Waals surface area contributed by atoms with E-state index in [-0.39, 0.29) is 0 Å². The summed E-state index contributed by atoms with van der Waals surface area (Å²) in [5.41, 5.74) is 1.15. The van der Waals surface area contributed by atoms with Gasteiger partial charge < -0.3 is 14.8 Å². The van der Waals surface area contributed by atoms with Crippen molar-refractivity contribution in [1.29, 1.82) is 0 Å². The Hall–Kier alpha value is -2.08. The molecule has 2 rings (SSSR count). The predicted molar refractivity (Wildman–Crippen MR) is 75.7 cm³/mol. The summed E-state index contributed by atoms with van der Waals surface area (Å²) < 4.78 is 12.8. The third-order valence-electron chi connectivity index (χ3n) is 2.97. The van der Waals surface area contributed by atoms with Crippen LogP contribution in [0, 0.1) is 0 Å². The van der Waals surface area contributed by atoms with Gasteiger partial charge in [-0.15, -0.1) is 0 Å². The Bertz CT molecular complexity index is 554. The number of hydrogen-bond acceptors (Lipinski definition) is 5. The first kappa shape index (κ1) is 14.3. The third kappa shape index (κ3) is 3.48. The van der Waals surface area contributed by atoms with Crippen LogP contribution in [-0.2, 0) is 20.2 Å². The number of rotatable bonds is 7. The Morgan fingerprint density at radius 1 is 1.30 bits per heavy atom. The van der Waals surface area contributed by atoms with Gasteiger partial charge >= 0.3 is 0 Å². The van der Waals surface area contributed by atoms with E-state index in [0.29, 0.717) is 18.1 Å². The Morgan fingerprint density at radius 2 is 2.15 bits per heavy atom. The molecule has 1 heterocycles. The van der Waals surface area contributed by atoms with Crippen LogP contribution in [-0.4, -0.2) is 28.4 Å². The van der Waals surface area contributed by atoms with Gasteiger partial charge in [-0.25, -0.2) is 4.98 Å². The van der Waals surface area contributed by atoms with Crippen LogP contribution >= 0.6 is 0 Å². The highest BCUT2D eigenvalue weighted by Crippen LogP contribution is 2.28. The molecule has 0 fully saturated rings. The van der Waals surface area contributed by atoms with Gasteiger partial charge in [-0.1, -0.05) is 13.0 Å². The second-order valence-electron chi connectivity index (χ2n) is 4.35. The van der Waals surface area contributed by atoms with Crippen molar-refractivity contribution in [3.8, 4) is 11.5 Å². The van der Waals surface area contributed by atoms with Crippen LogP contribution in [0.15, 0.2) is 24.5 Å². The molecule has 0 atom stereocenters. The van der Waals surface area contributed by atoms with Gasteiger partial charge in [-0.2, -0.15) is 5.10 Å². The van der Waals surface area contributed by atoms with Gasteiger partial charge in [0.1, 0.15) is 12.9 Å². The van der Waals surface area contributed by atoms with Crippen molar-refractivity contribution in [3.63, 3.8) is 0 Å². The molecule has 0 aliphatic heterocycles. The summed E-state index contributed by atoms with van der Waals surface area (Å²) in [7, 11) is 3.47. The van der Waals surface area contributed by atoms with Crippen molar-refractivity contribution in [1.82, 2.24) is 20.1 Å². The first-order chi connectivity index (χ1) is 9.74. The highest BCUT2D eigenvalue weighted by molar-refractivity contribution is 5.43. The quantitative estimate of drug-likeness (QED) is 0.830. The lowest BCUT2D eigenvalue weighted by molar-refractivity contribution is 0.271. The molecule has 0 saturated heterocycles. The molecular formula is C14H20N4O2. The molecule has 6 heteroatoms. The molecule has 0 amide bonds. The fraction of sp³-hybridized carbons (Fsp3) is 0.429. The minimum Gasteiger partial charge on any atom is -0.493 e. The molecule has 6 nitrogen and oxygen atoms in total. The zero-order valence-electron chi connectivity index (χ0n) is 12.1. The Kier molecular flexibility index (Phi) is 4.95. The summed E-state index contributed by atoms with van der Waals surface area (Å²) >= 11 is 0. The van der Waals surface area contributed by atoms with Gasteiger partial charge in [0.25, 0.3) is 0 Å². The topological polar surface area (TPSA) is 61.2 Å². The Balaban J connectivity index is 2.09. The van der Waals surface area contributed by atoms with Crippen molar-refractivity contribution in [3.05, 3.63) is 35.9 Å². The van der Waals surface area contributed by atoms with Crippen LogP contribution in [0.4, 0.5) is 0 Å². The van der Waals surface area contributed by atoms with E-state index >= 15 is 0 Å². The van der Waals surface area contributed by atoms with Gasteiger partial charge in [0, 0.05) is 13.6 Å². The lowest BCUT2D eigenvalue weighted by atomic mass is 10.2. The number of benzene rings is 1. The fourth-order valence-corrected chi connectivity index (χ4v) is 1.81. The first-order valence-electron chi connectivity index (χ1n) is 6.58. The number of hydrogen-bond donors (Lipinski definition) is 1. The average molecular weight is 276 g/mol. The summed E-state index contributed by atoms with van der Waals surface area (Å²) in [5, 5.41) is 7.30. The number of nitrogens with zero attached hydrogens (tertiary/aromatic N) is 3. The summed E-state index contributed by atoms with van der Waals surface area (Å²) in [6.07, 6.45) is 1.51. The SMILES string of the molecule is CCNCc1ccc(OC)c(OCc2ncnn2C)c1. The Morgan fingerprint density at radius 3 is 2.80 bits per heavy atom. The zero-order chi connectivity index (χ0) is 14.4. The second kappa shape index (κ2) is 6.91. The normalized spacial score (nSPS) is 10.6. The number of aryl methyl sites for hydroxylation is 1. The Labute approximate surface area is 118 Å². The van der Waals surface area contributed by atoms with E-state index in [1.54, 1.807) is 11.8 Å². The zero-order valence-corrected chi connectivity index (χ0v) is 12.1. The van der Waals surface area contributed by atoms with Crippen molar-refractivity contribution < 1.29 is 9.47 Å². The number of nitrogens with one attached hydrogen (secondary N) is 1. The molecule has 2 aromatic rings. The molecular weight excluding hydrogens is 256 g/mol. The molecule has 1 N–H and O–H groups in total. The molecule has 1 aromatic heterocycles. The van der Waals surface area contributed by atoms with E-state index in [4.69, 9.17) is 9.47 Å². The molecule has 0 saturated carbocycles. The smallest absolute Gasteiger partial charge is 0.164 e. The van der Waals surface area contributed by atoms with Crippen LogP contribution in [0.25, 0.3) is 0 Å². The number of methoxy groups -OCH3 is 1. The van der Waals surface area contributed by atoms with Crippen LogP contribution in [0.5, 0.6) is 11.5 Å². The van der Waals surface area contributed by atoms with Crippen molar-refractivity contribution in [2.75, 3.05) is 13.7 Å². The number of aromatic nitrogens is 3. The van der Waals surface area contributed by atoms with E-state index in [1.165, 1.54) is 6.33 Å². The predicted octanol–water partition coefficient (Wildman–Crippen LogP) is 1.51. The molecule has 0 unspecified atom stereocenters. The van der Waals surface area contributed by atoms with E-state index in [1.807, 2.05) is 25.2 Å². The minimum absolute atomic E-state index is 0.359. The lowest BCUT2D eigenvalue weighted by Crippen LogP contribution is -2.12. The highest BCUT2D eigenvalue weighted by Gasteiger charge is 2.08. The highest BCUT2D eigenvalue weighted by atomic mass is 16.5. The van der Waals surface area contributed by atoms with Crippen molar-refractivity contribution in [2.45, 2.75) is 20.1 Å². The van der Waals surface area contributed by atoms with Gasteiger partial charge in [0.05, 0.1) is 7.11 Å². The lowest BCUT2D eigenvalue weighted by Gasteiger charge is -2.12. The van der Waals surface area contributed by atoms with Crippen LogP contribution in [0.2, 0.25) is 0 Å². The van der Waals surface area contributed by atoms with Crippen LogP contribution in [0.3, 0.4) is 0 Å². The average Bonchev–Trinajstić information content (AvgIpc) is 2.88. The largest absolute Gasteiger partial charge is 0.493 e. The molecule has 0 spiro atoms. The maximum atomic E-state index is 5.80. The maximum Gasteiger partial charge on any atom is 0.164 e. The number of ether oxygens (including phenoxy) is 2. The summed E-state index contributed by atoms with van der Waals surface area (Å²) in [6, 6.07) is 5.92. The van der Waals surface area contributed by atoms with Crippen molar-refractivity contribution >= 4 is 0 Å². The van der Waals surface area contributed by atoms with Crippen LogP contribution < -0.4 is 14.8 Å². The fourth-order valence-electron chi connectivity index (χ4n) is 1.81. The van der Waals surface area contributed by atoms with Crippen molar-refractivity contribution in [2.24, 2.45) is 7.05 Å². The standard InChI is InChI=1S/C14H20N4O2/c1-4-15-8-11-5-6-12(19-3)13(7-11)20-9-14-16-10-17-18(14)2/h5-7,10,15H,4,8-9H2,1-3H3. The molecule has 0 aliphatic carbocycles. The molecule has 20 heavy (non-hydrogen) atoms. The van der Waals surface area contributed by atoms with E-state index in [9.17, 15) is 0 Å². The summed E-state index contributed by atoms with van der Waals surface area (Å²) in [6.45, 7) is 4.18. The van der Waals surface area contributed by atoms with E-state index in [2.05, 4.69) is 22.3 Å². The second-order valence-corrected chi connectivity index (χ2v) is 4.35. The molecule has 0 radical (unpaired) electrons. The molecule has 0 bridgehead atoms. The summed E-state index contributed by atoms with van der Waals surface area (Å²) in [5.74, 6) is 2.20. The monoisotopic (exact) mass is 276 g/mol. The molecule has 0 aliphatic rings. The van der Waals surface area contributed by atoms with Gasteiger partial charge in [0.15, 0.2) is 17.3 Å². The van der Waals surface area contributed by atoms with E-state index in [0.717, 1.165) is 24.5 Å². The summed E-state index contributed by atoms with van der Waals surface area (Å²) in [4.78, 5) is 4.13. The maximum absolute atomic E-state index is 5.80. The van der Waals surface area contributed by atoms with Gasteiger partial charge in [0.2, 0.25) is 0 Å². The van der Waals surface area contributed by atoms with Gasteiger partial charge in [-0.3, -0.25) is 4.68 Å². The first-order valence-corrected chi connectivity index (χ1v) is 6.58. The van der Waals surface area contributed by atoms with Crippen LogP contribution in [0.1, 0.15) is 18.3 Å².